The van der Waals surface area contributed by atoms with Crippen molar-refractivity contribution in [3.8, 4) is 11.3 Å². The molecule has 0 saturated carbocycles. The molecule has 1 N–H and O–H groups in total. The van der Waals surface area contributed by atoms with Crippen molar-refractivity contribution in [1.82, 2.24) is 4.98 Å². The number of aromatic nitrogens is 1. The first-order chi connectivity index (χ1) is 9.67. The van der Waals surface area contributed by atoms with E-state index in [1.807, 2.05) is 18.2 Å². The van der Waals surface area contributed by atoms with Crippen LogP contribution in [0.2, 0.25) is 0 Å². The zero-order chi connectivity index (χ0) is 14.4. The first kappa shape index (κ1) is 15.2. The molecule has 0 bridgehead atoms. The predicted molar refractivity (Wildman–Crippen MR) is 86.0 cm³/mol. The first-order valence-electron chi connectivity index (χ1n) is 7.39. The van der Waals surface area contributed by atoms with Crippen molar-refractivity contribution in [2.24, 2.45) is 0 Å². The summed E-state index contributed by atoms with van der Waals surface area (Å²) in [6.07, 6.45) is 4.38. The van der Waals surface area contributed by atoms with Crippen molar-refractivity contribution in [3.05, 3.63) is 40.7 Å². The molecular weight excluding hydrogens is 266 g/mol. The summed E-state index contributed by atoms with van der Waals surface area (Å²) in [4.78, 5) is 4.69. The van der Waals surface area contributed by atoms with E-state index in [1.165, 1.54) is 0 Å². The standard InChI is InChI=1S/C17H23NOS/c1-3-10-17(19,11-4-2)12-16-18-15(13-20-16)14-8-6-5-7-9-14/h5-9,13,19H,3-4,10-12H2,1-2H3. The number of thiazole rings is 1. The van der Waals surface area contributed by atoms with Crippen molar-refractivity contribution < 1.29 is 5.11 Å². The van der Waals surface area contributed by atoms with Crippen LogP contribution in [-0.4, -0.2) is 15.7 Å². The van der Waals surface area contributed by atoms with Gasteiger partial charge in [-0.25, -0.2) is 4.98 Å². The molecule has 1 aromatic carbocycles. The van der Waals surface area contributed by atoms with Gasteiger partial charge in [0.1, 0.15) is 0 Å². The molecule has 2 aromatic rings. The summed E-state index contributed by atoms with van der Waals surface area (Å²) < 4.78 is 0. The van der Waals surface area contributed by atoms with E-state index in [2.05, 4.69) is 36.3 Å². The Kier molecular flexibility index (Phi) is 5.32. The van der Waals surface area contributed by atoms with Gasteiger partial charge in [0.15, 0.2) is 0 Å². The monoisotopic (exact) mass is 289 g/mol. The average Bonchev–Trinajstić information content (AvgIpc) is 2.88. The number of rotatable bonds is 7. The molecule has 1 aromatic heterocycles. The molecule has 0 aliphatic heterocycles. The van der Waals surface area contributed by atoms with Gasteiger partial charge in [-0.2, -0.15) is 0 Å². The molecule has 2 nitrogen and oxygen atoms in total. The van der Waals surface area contributed by atoms with Gasteiger partial charge in [0.2, 0.25) is 0 Å². The quantitative estimate of drug-likeness (QED) is 0.802. The second-order valence-electron chi connectivity index (χ2n) is 5.39. The van der Waals surface area contributed by atoms with Crippen LogP contribution in [0.15, 0.2) is 35.7 Å². The van der Waals surface area contributed by atoms with Crippen LogP contribution in [0.1, 0.15) is 44.5 Å². The maximum absolute atomic E-state index is 10.7. The van der Waals surface area contributed by atoms with Gasteiger partial charge >= 0.3 is 0 Å². The topological polar surface area (TPSA) is 33.1 Å². The highest BCUT2D eigenvalue weighted by molar-refractivity contribution is 7.09. The van der Waals surface area contributed by atoms with Gasteiger partial charge in [0, 0.05) is 17.4 Å². The molecule has 0 spiro atoms. The minimum atomic E-state index is -0.588. The Morgan fingerprint density at radius 2 is 1.75 bits per heavy atom. The van der Waals surface area contributed by atoms with Crippen LogP contribution < -0.4 is 0 Å². The normalized spacial score (nSPS) is 11.8. The van der Waals surface area contributed by atoms with E-state index in [0.717, 1.165) is 41.9 Å². The molecule has 0 saturated heterocycles. The zero-order valence-electron chi connectivity index (χ0n) is 12.3. The minimum Gasteiger partial charge on any atom is -0.389 e. The van der Waals surface area contributed by atoms with E-state index in [-0.39, 0.29) is 0 Å². The van der Waals surface area contributed by atoms with Crippen molar-refractivity contribution >= 4 is 11.3 Å². The fraction of sp³-hybridized carbons (Fsp3) is 0.471. The second-order valence-corrected chi connectivity index (χ2v) is 6.34. The molecule has 20 heavy (non-hydrogen) atoms. The Morgan fingerprint density at radius 3 is 2.35 bits per heavy atom. The van der Waals surface area contributed by atoms with E-state index >= 15 is 0 Å². The van der Waals surface area contributed by atoms with E-state index < -0.39 is 5.60 Å². The number of nitrogens with zero attached hydrogens (tertiary/aromatic N) is 1. The molecule has 108 valence electrons. The van der Waals surface area contributed by atoms with Crippen LogP contribution in [0.25, 0.3) is 11.3 Å². The van der Waals surface area contributed by atoms with Crippen LogP contribution in [0.5, 0.6) is 0 Å². The summed E-state index contributed by atoms with van der Waals surface area (Å²) in [7, 11) is 0. The molecule has 0 atom stereocenters. The lowest BCUT2D eigenvalue weighted by Gasteiger charge is -2.26. The highest BCUT2D eigenvalue weighted by Gasteiger charge is 2.26. The predicted octanol–water partition coefficient (Wildman–Crippen LogP) is 4.68. The molecule has 0 aliphatic carbocycles. The highest BCUT2D eigenvalue weighted by Crippen LogP contribution is 2.28. The number of hydrogen-bond acceptors (Lipinski definition) is 3. The van der Waals surface area contributed by atoms with Gasteiger partial charge in [0.25, 0.3) is 0 Å². The maximum Gasteiger partial charge on any atom is 0.0961 e. The molecule has 2 rings (SSSR count). The summed E-state index contributed by atoms with van der Waals surface area (Å²) in [5, 5.41) is 13.8. The summed E-state index contributed by atoms with van der Waals surface area (Å²) >= 11 is 1.65. The molecule has 0 unspecified atom stereocenters. The van der Waals surface area contributed by atoms with Crippen LogP contribution in [0, 0.1) is 0 Å². The van der Waals surface area contributed by atoms with Crippen LogP contribution in [0.3, 0.4) is 0 Å². The van der Waals surface area contributed by atoms with E-state index in [0.29, 0.717) is 6.42 Å². The molecule has 0 amide bonds. The number of hydrogen-bond donors (Lipinski definition) is 1. The van der Waals surface area contributed by atoms with E-state index in [9.17, 15) is 5.11 Å². The number of benzene rings is 1. The van der Waals surface area contributed by atoms with Crippen molar-refractivity contribution in [2.75, 3.05) is 0 Å². The first-order valence-corrected chi connectivity index (χ1v) is 8.27. The Bertz CT molecular complexity index is 515. The third-order valence-corrected chi connectivity index (χ3v) is 4.38. The fourth-order valence-electron chi connectivity index (χ4n) is 2.65. The molecule has 1 heterocycles. The third kappa shape index (κ3) is 3.90. The van der Waals surface area contributed by atoms with E-state index in [1.54, 1.807) is 11.3 Å². The summed E-state index contributed by atoms with van der Waals surface area (Å²) in [5.74, 6) is 0. The maximum atomic E-state index is 10.7. The third-order valence-electron chi connectivity index (χ3n) is 3.53. The van der Waals surface area contributed by atoms with E-state index in [4.69, 9.17) is 0 Å². The molecule has 0 fully saturated rings. The Hall–Kier alpha value is -1.19. The largest absolute Gasteiger partial charge is 0.389 e. The lowest BCUT2D eigenvalue weighted by atomic mass is 9.89. The van der Waals surface area contributed by atoms with Crippen LogP contribution >= 0.6 is 11.3 Å². The van der Waals surface area contributed by atoms with Gasteiger partial charge in [0.05, 0.1) is 16.3 Å². The SMILES string of the molecule is CCCC(O)(CCC)Cc1nc(-c2ccccc2)cs1. The van der Waals surface area contributed by atoms with Crippen LogP contribution in [0.4, 0.5) is 0 Å². The fourth-order valence-corrected chi connectivity index (χ4v) is 3.59. The Labute approximate surface area is 125 Å². The van der Waals surface area contributed by atoms with Crippen molar-refractivity contribution in [2.45, 2.75) is 51.6 Å². The summed E-state index contributed by atoms with van der Waals surface area (Å²) in [5.41, 5.74) is 1.57. The molecule has 0 radical (unpaired) electrons. The second kappa shape index (κ2) is 7.00. The van der Waals surface area contributed by atoms with Gasteiger partial charge in [-0.1, -0.05) is 57.0 Å². The summed E-state index contributed by atoms with van der Waals surface area (Å²) in [6, 6.07) is 10.2. The van der Waals surface area contributed by atoms with Gasteiger partial charge in [-0.3, -0.25) is 0 Å². The smallest absolute Gasteiger partial charge is 0.0961 e. The average molecular weight is 289 g/mol. The highest BCUT2D eigenvalue weighted by atomic mass is 32.1. The van der Waals surface area contributed by atoms with Gasteiger partial charge in [-0.15, -0.1) is 11.3 Å². The molecule has 3 heteroatoms. The van der Waals surface area contributed by atoms with Crippen molar-refractivity contribution in [1.29, 1.82) is 0 Å². The lowest BCUT2D eigenvalue weighted by molar-refractivity contribution is 0.0216. The lowest BCUT2D eigenvalue weighted by Crippen LogP contribution is -2.31. The van der Waals surface area contributed by atoms with Crippen molar-refractivity contribution in [3.63, 3.8) is 0 Å². The zero-order valence-corrected chi connectivity index (χ0v) is 13.1. The minimum absolute atomic E-state index is 0.588. The van der Waals surface area contributed by atoms with Gasteiger partial charge in [-0.05, 0) is 12.8 Å². The number of aliphatic hydroxyl groups is 1. The molecule has 0 aliphatic rings. The summed E-state index contributed by atoms with van der Waals surface area (Å²) in [6.45, 7) is 4.25. The Balaban J connectivity index is 2.12. The molecular formula is C17H23NOS. The van der Waals surface area contributed by atoms with Crippen LogP contribution in [-0.2, 0) is 6.42 Å². The Morgan fingerprint density at radius 1 is 1.10 bits per heavy atom. The van der Waals surface area contributed by atoms with Gasteiger partial charge < -0.3 is 5.11 Å².